The number of nitrogens with one attached hydrogen (secondary N) is 1. The van der Waals surface area contributed by atoms with Crippen molar-refractivity contribution < 1.29 is 0 Å². The Bertz CT molecular complexity index is 460. The van der Waals surface area contributed by atoms with Crippen LogP contribution in [0.3, 0.4) is 0 Å². The zero-order valence-corrected chi connectivity index (χ0v) is 9.91. The second-order valence-electron chi connectivity index (χ2n) is 3.24. The van der Waals surface area contributed by atoms with Crippen molar-refractivity contribution in [2.45, 2.75) is 0 Å². The Morgan fingerprint density at radius 2 is 1.69 bits per heavy atom. The molecular weight excluding hydrogens is 243 g/mol. The Morgan fingerprint density at radius 3 is 2.38 bits per heavy atom. The van der Waals surface area contributed by atoms with Gasteiger partial charge in [0, 0.05) is 16.8 Å². The molecule has 0 bridgehead atoms. The third kappa shape index (κ3) is 2.81. The van der Waals surface area contributed by atoms with E-state index in [9.17, 15) is 0 Å². The molecule has 0 spiro atoms. The molecule has 2 nitrogen and oxygen atoms in total. The number of halogens is 2. The summed E-state index contributed by atoms with van der Waals surface area (Å²) in [6.45, 7) is 0. The van der Waals surface area contributed by atoms with E-state index in [4.69, 9.17) is 23.4 Å². The number of benzene rings is 2. The van der Waals surface area contributed by atoms with Gasteiger partial charge in [-0.1, -0.05) is 35.9 Å². The maximum absolute atomic E-state index is 6.07. The van der Waals surface area contributed by atoms with Gasteiger partial charge < -0.3 is 0 Å². The van der Waals surface area contributed by atoms with Gasteiger partial charge in [-0.2, -0.15) is 4.53 Å². The summed E-state index contributed by atoms with van der Waals surface area (Å²) in [5.41, 5.74) is 4.72. The van der Waals surface area contributed by atoms with E-state index in [1.165, 1.54) is 4.53 Å². The number of hydrogen-bond donors (Lipinski definition) is 1. The molecule has 0 heterocycles. The molecule has 2 aromatic rings. The fourth-order valence-corrected chi connectivity index (χ4v) is 1.70. The van der Waals surface area contributed by atoms with Crippen LogP contribution in [0, 0.1) is 0 Å². The zero-order chi connectivity index (χ0) is 11.4. The van der Waals surface area contributed by atoms with E-state index in [2.05, 4.69) is 5.43 Å². The van der Waals surface area contributed by atoms with Crippen LogP contribution in [0.1, 0.15) is 0 Å². The van der Waals surface area contributed by atoms with E-state index in [1.54, 1.807) is 6.07 Å². The van der Waals surface area contributed by atoms with Gasteiger partial charge in [0.25, 0.3) is 0 Å². The summed E-state index contributed by atoms with van der Waals surface area (Å²) in [6.07, 6.45) is 0. The van der Waals surface area contributed by atoms with E-state index >= 15 is 0 Å². The predicted octanol–water partition coefficient (Wildman–Crippen LogP) is 4.33. The highest BCUT2D eigenvalue weighted by atomic mass is 35.5. The van der Waals surface area contributed by atoms with Crippen LogP contribution < -0.4 is 9.95 Å². The molecule has 0 aliphatic carbocycles. The molecule has 82 valence electrons. The fourth-order valence-electron chi connectivity index (χ4n) is 1.29. The molecule has 0 aromatic heterocycles. The van der Waals surface area contributed by atoms with Crippen molar-refractivity contribution in [3.05, 3.63) is 59.6 Å². The molecule has 16 heavy (non-hydrogen) atoms. The molecule has 2 rings (SSSR count). The molecule has 0 unspecified atom stereocenters. The first-order chi connectivity index (χ1) is 7.75. The zero-order valence-electron chi connectivity index (χ0n) is 8.40. The lowest BCUT2D eigenvalue weighted by Crippen LogP contribution is -2.18. The largest absolute Gasteiger partial charge is 0.284 e. The van der Waals surface area contributed by atoms with Gasteiger partial charge in [0.1, 0.15) is 0 Å². The monoisotopic (exact) mass is 252 g/mol. The Balaban J connectivity index is 2.11. The number of hydrogen-bond acceptors (Lipinski definition) is 2. The van der Waals surface area contributed by atoms with Crippen LogP contribution in [-0.2, 0) is 0 Å². The molecular formula is C12H10Cl2N2. The Labute approximate surface area is 104 Å². The number of anilines is 2. The molecule has 0 atom stereocenters. The Kier molecular flexibility index (Phi) is 3.54. The molecule has 4 heteroatoms. The van der Waals surface area contributed by atoms with Crippen LogP contribution in [0.2, 0.25) is 5.02 Å². The van der Waals surface area contributed by atoms with Gasteiger partial charge in [0.15, 0.2) is 0 Å². The molecule has 0 saturated heterocycles. The van der Waals surface area contributed by atoms with Gasteiger partial charge >= 0.3 is 0 Å². The SMILES string of the molecule is Clc1cccc(NN(Cl)c2ccccc2)c1. The van der Waals surface area contributed by atoms with Crippen LogP contribution in [-0.4, -0.2) is 0 Å². The quantitative estimate of drug-likeness (QED) is 0.647. The molecule has 0 amide bonds. The van der Waals surface area contributed by atoms with Crippen molar-refractivity contribution in [1.29, 1.82) is 0 Å². The molecule has 2 aromatic carbocycles. The highest BCUT2D eigenvalue weighted by Gasteiger charge is 2.02. The molecule has 0 radical (unpaired) electrons. The van der Waals surface area contributed by atoms with Crippen LogP contribution >= 0.6 is 23.4 Å². The van der Waals surface area contributed by atoms with Crippen LogP contribution in [0.4, 0.5) is 11.4 Å². The second-order valence-corrected chi connectivity index (χ2v) is 4.01. The van der Waals surface area contributed by atoms with E-state index in [0.717, 1.165) is 11.4 Å². The van der Waals surface area contributed by atoms with E-state index in [0.29, 0.717) is 5.02 Å². The summed E-state index contributed by atoms with van der Waals surface area (Å²) in [4.78, 5) is 0. The predicted molar refractivity (Wildman–Crippen MR) is 69.8 cm³/mol. The minimum absolute atomic E-state index is 0.670. The summed E-state index contributed by atoms with van der Waals surface area (Å²) in [6, 6.07) is 17.0. The summed E-state index contributed by atoms with van der Waals surface area (Å²) in [7, 11) is 0. The minimum atomic E-state index is 0.670. The maximum atomic E-state index is 6.07. The van der Waals surface area contributed by atoms with E-state index in [1.807, 2.05) is 48.5 Å². The topological polar surface area (TPSA) is 15.3 Å². The lowest BCUT2D eigenvalue weighted by atomic mass is 10.3. The summed E-state index contributed by atoms with van der Waals surface area (Å²) >= 11 is 11.9. The highest BCUT2D eigenvalue weighted by molar-refractivity contribution is 6.31. The average Bonchev–Trinajstić information content (AvgIpc) is 2.30. The minimum Gasteiger partial charge on any atom is -0.284 e. The first kappa shape index (κ1) is 11.1. The van der Waals surface area contributed by atoms with Crippen molar-refractivity contribution in [3.8, 4) is 0 Å². The van der Waals surface area contributed by atoms with Crippen molar-refractivity contribution in [2.24, 2.45) is 0 Å². The van der Waals surface area contributed by atoms with Gasteiger partial charge in [-0.05, 0) is 30.3 Å². The van der Waals surface area contributed by atoms with Gasteiger partial charge in [0.05, 0.1) is 11.4 Å². The lowest BCUT2D eigenvalue weighted by molar-refractivity contribution is 1.27. The normalized spacial score (nSPS) is 9.88. The van der Waals surface area contributed by atoms with E-state index in [-0.39, 0.29) is 0 Å². The number of hydrazine groups is 1. The first-order valence-electron chi connectivity index (χ1n) is 4.79. The van der Waals surface area contributed by atoms with Gasteiger partial charge in [-0.25, -0.2) is 0 Å². The second kappa shape index (κ2) is 5.10. The highest BCUT2D eigenvalue weighted by Crippen LogP contribution is 2.20. The molecule has 0 saturated carbocycles. The van der Waals surface area contributed by atoms with E-state index < -0.39 is 0 Å². The number of nitrogens with zero attached hydrogens (tertiary/aromatic N) is 1. The number of rotatable bonds is 3. The standard InChI is InChI=1S/C12H10Cl2N2/c13-10-5-4-6-11(9-10)15-16(14)12-7-2-1-3-8-12/h1-9,15H. The van der Waals surface area contributed by atoms with Gasteiger partial charge in [0.2, 0.25) is 0 Å². The van der Waals surface area contributed by atoms with Crippen molar-refractivity contribution >= 4 is 34.8 Å². The summed E-state index contributed by atoms with van der Waals surface area (Å²) in [5.74, 6) is 0. The third-order valence-corrected chi connectivity index (χ3v) is 2.55. The molecule has 0 aliphatic heterocycles. The fraction of sp³-hybridized carbons (Fsp3) is 0. The van der Waals surface area contributed by atoms with Crippen LogP contribution in [0.15, 0.2) is 54.6 Å². The maximum Gasteiger partial charge on any atom is 0.0760 e. The number of para-hydroxylation sites is 1. The smallest absolute Gasteiger partial charge is 0.0760 e. The van der Waals surface area contributed by atoms with Crippen LogP contribution in [0.25, 0.3) is 0 Å². The Hall–Kier alpha value is -1.38. The molecule has 1 N–H and O–H groups in total. The lowest BCUT2D eigenvalue weighted by Gasteiger charge is -2.17. The van der Waals surface area contributed by atoms with Crippen molar-refractivity contribution in [1.82, 2.24) is 0 Å². The van der Waals surface area contributed by atoms with Crippen molar-refractivity contribution in [3.63, 3.8) is 0 Å². The first-order valence-corrected chi connectivity index (χ1v) is 5.50. The Morgan fingerprint density at radius 1 is 0.938 bits per heavy atom. The van der Waals surface area contributed by atoms with Gasteiger partial charge in [-0.15, -0.1) is 0 Å². The summed E-state index contributed by atoms with van der Waals surface area (Å²) in [5, 5.41) is 0.670. The molecule has 0 aliphatic rings. The van der Waals surface area contributed by atoms with Crippen molar-refractivity contribution in [2.75, 3.05) is 9.95 Å². The molecule has 0 fully saturated rings. The average molecular weight is 253 g/mol. The third-order valence-electron chi connectivity index (χ3n) is 2.03. The van der Waals surface area contributed by atoms with Crippen LogP contribution in [0.5, 0.6) is 0 Å². The van der Waals surface area contributed by atoms with Gasteiger partial charge in [-0.3, -0.25) is 5.43 Å². The summed E-state index contributed by atoms with van der Waals surface area (Å²) < 4.78 is 1.42.